The van der Waals surface area contributed by atoms with Crippen molar-refractivity contribution in [2.24, 2.45) is 10.8 Å². The molecule has 1 heterocycles. The maximum Gasteiger partial charge on any atom is 0.416 e. The first-order valence-corrected chi connectivity index (χ1v) is 5.36. The van der Waals surface area contributed by atoms with Gasteiger partial charge in [-0.1, -0.05) is 6.07 Å². The molecule has 1 aromatic rings. The van der Waals surface area contributed by atoms with Crippen LogP contribution in [0.2, 0.25) is 0 Å². The van der Waals surface area contributed by atoms with Gasteiger partial charge >= 0.3 is 6.18 Å². The molecule has 0 saturated heterocycles. The maximum absolute atomic E-state index is 12.6. The second kappa shape index (κ2) is 4.49. The molecule has 2 rings (SSSR count). The lowest BCUT2D eigenvalue weighted by Gasteiger charge is -2.34. The van der Waals surface area contributed by atoms with E-state index in [-0.39, 0.29) is 0 Å². The van der Waals surface area contributed by atoms with Gasteiger partial charge in [-0.15, -0.1) is 0 Å². The summed E-state index contributed by atoms with van der Waals surface area (Å²) in [5, 5.41) is 3.94. The Labute approximate surface area is 102 Å². The second-order valence-electron chi connectivity index (χ2n) is 4.10. The molecule has 0 aromatic heterocycles. The number of anilines is 1. The van der Waals surface area contributed by atoms with Crippen LogP contribution in [0.1, 0.15) is 12.5 Å². The lowest BCUT2D eigenvalue weighted by Crippen LogP contribution is -2.55. The van der Waals surface area contributed by atoms with Crippen LogP contribution in [0.4, 0.5) is 18.9 Å². The van der Waals surface area contributed by atoms with Crippen LogP contribution in [-0.2, 0) is 6.18 Å². The van der Waals surface area contributed by atoms with Crippen molar-refractivity contribution in [1.82, 2.24) is 5.43 Å². The van der Waals surface area contributed by atoms with Crippen LogP contribution in [0.15, 0.2) is 29.4 Å². The number of hydrogen-bond acceptors (Lipinski definition) is 4. The zero-order valence-corrected chi connectivity index (χ0v) is 9.70. The van der Waals surface area contributed by atoms with Gasteiger partial charge in [0.2, 0.25) is 0 Å². The Hall–Kier alpha value is -1.76. The highest BCUT2D eigenvalue weighted by atomic mass is 19.4. The van der Waals surface area contributed by atoms with Crippen molar-refractivity contribution >= 4 is 11.4 Å². The summed E-state index contributed by atoms with van der Waals surface area (Å²) in [5.74, 6) is 0. The molecule has 0 spiro atoms. The Kier molecular flexibility index (Phi) is 3.16. The Morgan fingerprint density at radius 3 is 2.83 bits per heavy atom. The van der Waals surface area contributed by atoms with Crippen molar-refractivity contribution in [1.29, 1.82) is 0 Å². The predicted molar refractivity (Wildman–Crippen MR) is 63.0 cm³/mol. The van der Waals surface area contributed by atoms with Gasteiger partial charge in [0.15, 0.2) is 6.29 Å². The number of hydrazone groups is 1. The van der Waals surface area contributed by atoms with E-state index >= 15 is 0 Å². The van der Waals surface area contributed by atoms with Crippen molar-refractivity contribution in [2.75, 3.05) is 11.4 Å². The molecule has 0 amide bonds. The molecule has 1 aliphatic rings. The van der Waals surface area contributed by atoms with Crippen LogP contribution < -0.4 is 16.1 Å². The molecule has 1 aliphatic heterocycles. The van der Waals surface area contributed by atoms with Gasteiger partial charge in [-0.05, 0) is 25.1 Å². The molecule has 1 atom stereocenters. The summed E-state index contributed by atoms with van der Waals surface area (Å²) >= 11 is 0. The molecule has 0 radical (unpaired) electrons. The Bertz CT molecular complexity index is 470. The minimum atomic E-state index is -4.35. The first-order chi connectivity index (χ1) is 8.38. The molecular weight excluding hydrogens is 245 g/mol. The van der Waals surface area contributed by atoms with E-state index in [4.69, 9.17) is 5.73 Å². The van der Waals surface area contributed by atoms with Crippen molar-refractivity contribution in [3.8, 4) is 0 Å². The van der Waals surface area contributed by atoms with Crippen LogP contribution in [0.25, 0.3) is 0 Å². The third kappa shape index (κ3) is 2.56. The number of nitrogens with two attached hydrogens (primary N) is 1. The number of benzene rings is 1. The minimum Gasteiger partial charge on any atom is -0.332 e. The third-order valence-corrected chi connectivity index (χ3v) is 2.63. The van der Waals surface area contributed by atoms with E-state index in [1.807, 2.05) is 0 Å². The largest absolute Gasteiger partial charge is 0.416 e. The zero-order valence-electron chi connectivity index (χ0n) is 9.70. The van der Waals surface area contributed by atoms with E-state index < -0.39 is 18.0 Å². The van der Waals surface area contributed by atoms with E-state index in [0.717, 1.165) is 17.8 Å². The van der Waals surface area contributed by atoms with Gasteiger partial charge in [-0.3, -0.25) is 11.2 Å². The van der Waals surface area contributed by atoms with E-state index in [2.05, 4.69) is 10.5 Å². The fourth-order valence-electron chi connectivity index (χ4n) is 1.74. The van der Waals surface area contributed by atoms with Crippen LogP contribution in [0.5, 0.6) is 0 Å². The molecule has 3 N–H and O–H groups in total. The van der Waals surface area contributed by atoms with Crippen molar-refractivity contribution < 1.29 is 13.2 Å². The van der Waals surface area contributed by atoms with Gasteiger partial charge in [0, 0.05) is 5.69 Å². The molecule has 0 saturated carbocycles. The van der Waals surface area contributed by atoms with Crippen LogP contribution in [-0.4, -0.2) is 18.5 Å². The number of nitrogens with one attached hydrogen (secondary N) is 1. The van der Waals surface area contributed by atoms with Gasteiger partial charge in [-0.2, -0.15) is 18.3 Å². The number of halogens is 3. The molecule has 4 nitrogen and oxygen atoms in total. The average Bonchev–Trinajstić information content (AvgIpc) is 2.31. The normalized spacial score (nSPS) is 20.4. The monoisotopic (exact) mass is 258 g/mol. The van der Waals surface area contributed by atoms with Crippen LogP contribution in [0, 0.1) is 0 Å². The lowest BCUT2D eigenvalue weighted by molar-refractivity contribution is -0.137. The van der Waals surface area contributed by atoms with E-state index in [0.29, 0.717) is 12.2 Å². The van der Waals surface area contributed by atoms with Gasteiger partial charge < -0.3 is 4.90 Å². The van der Waals surface area contributed by atoms with Gasteiger partial charge in [0.05, 0.1) is 17.8 Å². The number of hydrogen-bond donors (Lipinski definition) is 2. The highest BCUT2D eigenvalue weighted by Gasteiger charge is 2.31. The number of rotatable bonds is 1. The topological polar surface area (TPSA) is 53.6 Å². The molecule has 0 aliphatic carbocycles. The fourth-order valence-corrected chi connectivity index (χ4v) is 1.74. The molecule has 18 heavy (non-hydrogen) atoms. The SMILES string of the molecule is CC1=NNC(N)N(c2cccc(C(F)(F)F)c2)C1. The van der Waals surface area contributed by atoms with E-state index in [9.17, 15) is 13.2 Å². The summed E-state index contributed by atoms with van der Waals surface area (Å²) in [5.41, 5.74) is 8.89. The number of nitrogens with zero attached hydrogens (tertiary/aromatic N) is 2. The Balaban J connectivity index is 2.31. The molecule has 1 unspecified atom stereocenters. The standard InChI is InChI=1S/C11H13F3N4/c1-7-6-18(10(15)17-16-7)9-4-2-3-8(5-9)11(12,13)14/h2-5,10,17H,6,15H2,1H3. The van der Waals surface area contributed by atoms with Crippen molar-refractivity contribution in [3.63, 3.8) is 0 Å². The highest BCUT2D eigenvalue weighted by Crippen LogP contribution is 2.31. The van der Waals surface area contributed by atoms with Crippen LogP contribution in [0.3, 0.4) is 0 Å². The number of alkyl halides is 3. The van der Waals surface area contributed by atoms with Gasteiger partial charge in [-0.25, -0.2) is 0 Å². The van der Waals surface area contributed by atoms with E-state index in [1.54, 1.807) is 17.9 Å². The smallest absolute Gasteiger partial charge is 0.332 e. The zero-order chi connectivity index (χ0) is 13.3. The molecule has 0 bridgehead atoms. The predicted octanol–water partition coefficient (Wildman–Crippen LogP) is 1.73. The molecule has 0 fully saturated rings. The minimum absolute atomic E-state index is 0.398. The van der Waals surface area contributed by atoms with Crippen molar-refractivity contribution in [3.05, 3.63) is 29.8 Å². The molecule has 7 heteroatoms. The Morgan fingerprint density at radius 2 is 2.17 bits per heavy atom. The van der Waals surface area contributed by atoms with Crippen LogP contribution >= 0.6 is 0 Å². The summed E-state index contributed by atoms with van der Waals surface area (Å²) in [7, 11) is 0. The first kappa shape index (κ1) is 12.7. The summed E-state index contributed by atoms with van der Waals surface area (Å²) in [4.78, 5) is 1.62. The first-order valence-electron chi connectivity index (χ1n) is 5.36. The summed E-state index contributed by atoms with van der Waals surface area (Å²) < 4.78 is 37.9. The molecule has 1 aromatic carbocycles. The third-order valence-electron chi connectivity index (χ3n) is 2.63. The maximum atomic E-state index is 12.6. The highest BCUT2D eigenvalue weighted by molar-refractivity contribution is 5.87. The quantitative estimate of drug-likeness (QED) is 0.806. The average molecular weight is 258 g/mol. The van der Waals surface area contributed by atoms with Crippen molar-refractivity contribution in [2.45, 2.75) is 19.4 Å². The summed E-state index contributed by atoms with van der Waals surface area (Å²) in [6, 6.07) is 5.08. The second-order valence-corrected chi connectivity index (χ2v) is 4.10. The summed E-state index contributed by atoms with van der Waals surface area (Å²) in [6.07, 6.45) is -4.98. The lowest BCUT2D eigenvalue weighted by atomic mass is 10.1. The molecular formula is C11H13F3N4. The Morgan fingerprint density at radius 1 is 1.44 bits per heavy atom. The summed E-state index contributed by atoms with van der Waals surface area (Å²) in [6.45, 7) is 2.18. The van der Waals surface area contributed by atoms with Gasteiger partial charge in [0.25, 0.3) is 0 Å². The van der Waals surface area contributed by atoms with Gasteiger partial charge in [0.1, 0.15) is 0 Å². The fraction of sp³-hybridized carbons (Fsp3) is 0.364. The van der Waals surface area contributed by atoms with E-state index in [1.165, 1.54) is 6.07 Å². The molecule has 98 valence electrons.